The van der Waals surface area contributed by atoms with E-state index in [4.69, 9.17) is 7.85 Å². The molecule has 2 unspecified atom stereocenters. The van der Waals surface area contributed by atoms with Crippen LogP contribution in [-0.4, -0.2) is 7.85 Å². The summed E-state index contributed by atoms with van der Waals surface area (Å²) in [6, 6.07) is 0. The molecule has 10 heavy (non-hydrogen) atoms. The Morgan fingerprint density at radius 1 is 1.50 bits per heavy atom. The summed E-state index contributed by atoms with van der Waals surface area (Å²) in [6.07, 6.45) is 2.29. The molecule has 0 aromatic carbocycles. The van der Waals surface area contributed by atoms with Crippen LogP contribution in [-0.2, 0) is 0 Å². The van der Waals surface area contributed by atoms with E-state index in [1.165, 1.54) is 12.0 Å². The molecule has 0 fully saturated rings. The van der Waals surface area contributed by atoms with Crippen LogP contribution in [0.3, 0.4) is 0 Å². The molecule has 0 amide bonds. The molecule has 0 bridgehead atoms. The van der Waals surface area contributed by atoms with Crippen LogP contribution in [0.1, 0.15) is 33.6 Å². The van der Waals surface area contributed by atoms with Crippen LogP contribution in [0.5, 0.6) is 0 Å². The van der Waals surface area contributed by atoms with Crippen molar-refractivity contribution in [1.82, 2.24) is 0 Å². The number of allylic oxidation sites excluding steroid dienone is 1. The van der Waals surface area contributed by atoms with Crippen molar-refractivity contribution in [3.05, 3.63) is 12.2 Å². The Kier molecular flexibility index (Phi) is 4.50. The predicted molar refractivity (Wildman–Crippen MR) is 48.4 cm³/mol. The van der Waals surface area contributed by atoms with Gasteiger partial charge >= 0.3 is 0 Å². The van der Waals surface area contributed by atoms with Gasteiger partial charge < -0.3 is 0 Å². The molecule has 0 aromatic rings. The third-order valence-electron chi connectivity index (χ3n) is 1.92. The van der Waals surface area contributed by atoms with E-state index in [2.05, 4.69) is 27.4 Å². The molecule has 0 aromatic heterocycles. The highest BCUT2D eigenvalue weighted by atomic mass is 14.1. The molecule has 0 aliphatic carbocycles. The van der Waals surface area contributed by atoms with Gasteiger partial charge in [-0.1, -0.05) is 25.2 Å². The Labute approximate surface area is 66.1 Å². The van der Waals surface area contributed by atoms with Gasteiger partial charge in [-0.15, -0.1) is 6.58 Å². The normalized spacial score (nSPS) is 16.3. The first-order chi connectivity index (χ1) is 4.54. The molecular formula is C9H17B. The maximum atomic E-state index is 5.69. The third kappa shape index (κ3) is 4.66. The zero-order valence-electron chi connectivity index (χ0n) is 7.35. The lowest BCUT2D eigenvalue weighted by Gasteiger charge is -2.14. The van der Waals surface area contributed by atoms with Crippen molar-refractivity contribution >= 4 is 7.85 Å². The van der Waals surface area contributed by atoms with Crippen LogP contribution in [0, 0.1) is 5.92 Å². The maximum Gasteiger partial charge on any atom is 0.0699 e. The van der Waals surface area contributed by atoms with Crippen LogP contribution in [0.4, 0.5) is 0 Å². The van der Waals surface area contributed by atoms with Gasteiger partial charge in [0.1, 0.15) is 0 Å². The molecular weight excluding hydrogens is 119 g/mol. The highest BCUT2D eigenvalue weighted by Gasteiger charge is 2.05. The Morgan fingerprint density at radius 2 is 2.00 bits per heavy atom. The van der Waals surface area contributed by atoms with Crippen molar-refractivity contribution in [3.8, 4) is 0 Å². The topological polar surface area (TPSA) is 0 Å². The summed E-state index contributed by atoms with van der Waals surface area (Å²) >= 11 is 0. The minimum Gasteiger partial charge on any atom is -0.100 e. The van der Waals surface area contributed by atoms with E-state index in [-0.39, 0.29) is 0 Å². The largest absolute Gasteiger partial charge is 0.100 e. The van der Waals surface area contributed by atoms with Gasteiger partial charge in [0, 0.05) is 0 Å². The summed E-state index contributed by atoms with van der Waals surface area (Å²) in [5, 5.41) is 0. The molecule has 0 heterocycles. The van der Waals surface area contributed by atoms with Crippen molar-refractivity contribution in [2.24, 2.45) is 5.92 Å². The zero-order valence-corrected chi connectivity index (χ0v) is 7.35. The molecule has 0 rings (SSSR count). The molecule has 56 valence electrons. The van der Waals surface area contributed by atoms with Crippen molar-refractivity contribution in [3.63, 3.8) is 0 Å². The maximum absolute atomic E-state index is 5.69. The van der Waals surface area contributed by atoms with Gasteiger partial charge in [-0.2, -0.15) is 0 Å². The minimum atomic E-state index is 0.319. The smallest absolute Gasteiger partial charge is 0.0699 e. The van der Waals surface area contributed by atoms with Gasteiger partial charge in [-0.3, -0.25) is 0 Å². The molecule has 0 aliphatic rings. The monoisotopic (exact) mass is 136 g/mol. The molecule has 0 spiro atoms. The highest BCUT2D eigenvalue weighted by Crippen LogP contribution is 2.20. The van der Waals surface area contributed by atoms with Crippen LogP contribution in [0.2, 0.25) is 5.82 Å². The fraction of sp³-hybridized carbons (Fsp3) is 0.778. The summed E-state index contributed by atoms with van der Waals surface area (Å²) in [5.41, 5.74) is 1.26. The Hall–Kier alpha value is -0.195. The number of rotatable bonds is 4. The first-order valence-corrected chi connectivity index (χ1v) is 3.94. The zero-order chi connectivity index (χ0) is 8.15. The summed E-state index contributed by atoms with van der Waals surface area (Å²) in [7, 11) is 5.69. The van der Waals surface area contributed by atoms with Crippen molar-refractivity contribution < 1.29 is 0 Å². The summed E-state index contributed by atoms with van der Waals surface area (Å²) in [4.78, 5) is 0. The molecule has 0 N–H and O–H groups in total. The predicted octanol–water partition coefficient (Wildman–Crippen LogP) is 2.96. The lowest BCUT2D eigenvalue weighted by molar-refractivity contribution is 0.515. The second-order valence-electron chi connectivity index (χ2n) is 3.33. The van der Waals surface area contributed by atoms with Crippen molar-refractivity contribution in [2.75, 3.05) is 0 Å². The molecule has 1 heteroatoms. The molecule has 2 atom stereocenters. The van der Waals surface area contributed by atoms with E-state index in [1.807, 2.05) is 0 Å². The van der Waals surface area contributed by atoms with Gasteiger partial charge in [-0.25, -0.2) is 0 Å². The van der Waals surface area contributed by atoms with Crippen LogP contribution < -0.4 is 0 Å². The fourth-order valence-corrected chi connectivity index (χ4v) is 0.737. The van der Waals surface area contributed by atoms with Gasteiger partial charge in [-0.05, 0) is 25.7 Å². The van der Waals surface area contributed by atoms with E-state index in [0.29, 0.717) is 11.7 Å². The van der Waals surface area contributed by atoms with E-state index in [9.17, 15) is 0 Å². The summed E-state index contributed by atoms with van der Waals surface area (Å²) < 4.78 is 0. The van der Waals surface area contributed by atoms with Gasteiger partial charge in [0.25, 0.3) is 0 Å². The van der Waals surface area contributed by atoms with E-state index >= 15 is 0 Å². The van der Waals surface area contributed by atoms with E-state index in [0.717, 1.165) is 6.42 Å². The van der Waals surface area contributed by atoms with E-state index < -0.39 is 0 Å². The van der Waals surface area contributed by atoms with Gasteiger partial charge in [0.15, 0.2) is 0 Å². The molecule has 0 aliphatic heterocycles. The first kappa shape index (κ1) is 9.80. The SMILES string of the molecule is [B]C(C)C(C)CCC(=C)C. The van der Waals surface area contributed by atoms with Crippen LogP contribution in [0.15, 0.2) is 12.2 Å². The molecule has 0 saturated carbocycles. The van der Waals surface area contributed by atoms with E-state index in [1.54, 1.807) is 0 Å². The standard InChI is InChI=1S/C9H17B/c1-7(2)5-6-8(3)9(4)10/h8-9H,1,5-6H2,2-4H3. The first-order valence-electron chi connectivity index (χ1n) is 3.94. The fourth-order valence-electron chi connectivity index (χ4n) is 0.737. The minimum absolute atomic E-state index is 0.319. The summed E-state index contributed by atoms with van der Waals surface area (Å²) in [6.45, 7) is 10.2. The Morgan fingerprint density at radius 3 is 2.30 bits per heavy atom. The average molecular weight is 136 g/mol. The molecule has 0 saturated heterocycles. The van der Waals surface area contributed by atoms with Crippen LogP contribution in [0.25, 0.3) is 0 Å². The van der Waals surface area contributed by atoms with Gasteiger partial charge in [0.05, 0.1) is 7.85 Å². The van der Waals surface area contributed by atoms with Crippen molar-refractivity contribution in [2.45, 2.75) is 39.4 Å². The average Bonchev–Trinajstić information content (AvgIpc) is 1.82. The van der Waals surface area contributed by atoms with Crippen LogP contribution >= 0.6 is 0 Å². The van der Waals surface area contributed by atoms with Crippen molar-refractivity contribution in [1.29, 1.82) is 0 Å². The molecule has 0 nitrogen and oxygen atoms in total. The Bertz CT molecular complexity index is 105. The number of hydrogen-bond acceptors (Lipinski definition) is 0. The quantitative estimate of drug-likeness (QED) is 0.411. The second kappa shape index (κ2) is 4.59. The highest BCUT2D eigenvalue weighted by molar-refractivity contribution is 6.11. The third-order valence-corrected chi connectivity index (χ3v) is 1.92. The van der Waals surface area contributed by atoms with Gasteiger partial charge in [0.2, 0.25) is 0 Å². The number of hydrogen-bond donors (Lipinski definition) is 0. The lowest BCUT2D eigenvalue weighted by atomic mass is 9.77. The summed E-state index contributed by atoms with van der Waals surface area (Å²) in [5.74, 6) is 0.941. The Balaban J connectivity index is 3.39. The molecule has 2 radical (unpaired) electrons. The second-order valence-corrected chi connectivity index (χ2v) is 3.33. The lowest BCUT2D eigenvalue weighted by Crippen LogP contribution is -2.01.